The Morgan fingerprint density at radius 2 is 2.06 bits per heavy atom. The molecule has 2 aromatic heterocycles. The minimum Gasteiger partial charge on any atom is -0.497 e. The van der Waals surface area contributed by atoms with E-state index in [-0.39, 0.29) is 11.8 Å². The summed E-state index contributed by atoms with van der Waals surface area (Å²) in [5.41, 5.74) is 3.11. The fourth-order valence-corrected chi connectivity index (χ4v) is 4.61. The van der Waals surface area contributed by atoms with Crippen LogP contribution >= 0.6 is 0 Å². The lowest BCUT2D eigenvalue weighted by Gasteiger charge is -2.35. The second-order valence-electron chi connectivity index (χ2n) is 8.51. The van der Waals surface area contributed by atoms with Gasteiger partial charge in [0, 0.05) is 36.1 Å². The number of ether oxygens (including phenoxy) is 1. The van der Waals surface area contributed by atoms with E-state index in [0.29, 0.717) is 13.1 Å². The van der Waals surface area contributed by atoms with Crippen molar-refractivity contribution >= 4 is 16.9 Å². The van der Waals surface area contributed by atoms with Crippen LogP contribution < -0.4 is 4.74 Å². The molecule has 1 aliphatic heterocycles. The zero-order valence-corrected chi connectivity index (χ0v) is 18.9. The van der Waals surface area contributed by atoms with Gasteiger partial charge < -0.3 is 9.84 Å². The van der Waals surface area contributed by atoms with Gasteiger partial charge in [0.2, 0.25) is 0 Å². The molecule has 0 unspecified atom stereocenters. The molecule has 0 saturated carbocycles. The number of carboxylic acid groups (broad SMARTS) is 1. The van der Waals surface area contributed by atoms with Crippen LogP contribution in [0.5, 0.6) is 5.75 Å². The fraction of sp³-hybridized carbons (Fsp3) is 0.370. The number of benzene rings is 1. The first-order valence-corrected chi connectivity index (χ1v) is 11.4. The highest BCUT2D eigenvalue weighted by Gasteiger charge is 2.33. The van der Waals surface area contributed by atoms with E-state index >= 15 is 0 Å². The average Bonchev–Trinajstić information content (AvgIpc) is 2.85. The Kier molecular flexibility index (Phi) is 7.54. The summed E-state index contributed by atoms with van der Waals surface area (Å²) in [7, 11) is 1.67. The van der Waals surface area contributed by atoms with Crippen LogP contribution in [0.2, 0.25) is 0 Å². The Bertz CT molecular complexity index is 1150. The van der Waals surface area contributed by atoms with E-state index in [0.717, 1.165) is 54.4 Å². The molecule has 170 valence electrons. The van der Waals surface area contributed by atoms with Gasteiger partial charge in [-0.05, 0) is 80.1 Å². The number of aromatic nitrogens is 2. The van der Waals surface area contributed by atoms with Gasteiger partial charge in [-0.25, -0.2) is 0 Å². The predicted molar refractivity (Wildman–Crippen MR) is 128 cm³/mol. The van der Waals surface area contributed by atoms with Crippen molar-refractivity contribution < 1.29 is 14.6 Å². The maximum atomic E-state index is 12.0. The number of hydrogen-bond acceptors (Lipinski definition) is 5. The van der Waals surface area contributed by atoms with Gasteiger partial charge in [0.1, 0.15) is 5.75 Å². The van der Waals surface area contributed by atoms with Crippen LogP contribution in [0.4, 0.5) is 0 Å². The molecular weight excluding hydrogens is 414 g/mol. The standard InChI is InChI=1S/C27H29N3O3/c1-33-23-7-8-26-24(18-23)21(11-15-29-26)5-2-6-22-12-17-30(19-25(22)27(31)32)16-3-4-20-9-13-28-14-10-20/h7-11,13-15,18,22,25H,2,5-6,12,16-17,19H2,1H3,(H,31,32)/t22-,25+/m1/s1. The van der Waals surface area contributed by atoms with E-state index < -0.39 is 5.97 Å². The van der Waals surface area contributed by atoms with Gasteiger partial charge in [0.25, 0.3) is 0 Å². The first-order valence-electron chi connectivity index (χ1n) is 11.4. The quantitative estimate of drug-likeness (QED) is 0.556. The van der Waals surface area contributed by atoms with Crippen LogP contribution in [-0.4, -0.2) is 52.7 Å². The number of carboxylic acids is 1. The number of likely N-dealkylation sites (tertiary alicyclic amines) is 1. The topological polar surface area (TPSA) is 75.5 Å². The maximum absolute atomic E-state index is 12.0. The number of aliphatic carboxylic acids is 1. The third-order valence-corrected chi connectivity index (χ3v) is 6.43. The van der Waals surface area contributed by atoms with Crippen molar-refractivity contribution in [1.82, 2.24) is 14.9 Å². The van der Waals surface area contributed by atoms with Crippen molar-refractivity contribution in [1.29, 1.82) is 0 Å². The number of carbonyl (C=O) groups is 1. The fourth-order valence-electron chi connectivity index (χ4n) is 4.61. The summed E-state index contributed by atoms with van der Waals surface area (Å²) < 4.78 is 5.37. The molecule has 1 aromatic carbocycles. The van der Waals surface area contributed by atoms with Crippen molar-refractivity contribution in [3.63, 3.8) is 0 Å². The van der Waals surface area contributed by atoms with Gasteiger partial charge in [-0.2, -0.15) is 0 Å². The second kappa shape index (κ2) is 10.9. The van der Waals surface area contributed by atoms with E-state index in [4.69, 9.17) is 4.74 Å². The number of methoxy groups -OCH3 is 1. The van der Waals surface area contributed by atoms with Crippen LogP contribution in [0.15, 0.2) is 55.0 Å². The first-order chi connectivity index (χ1) is 16.1. The Hall–Kier alpha value is -3.43. The van der Waals surface area contributed by atoms with E-state index in [1.807, 2.05) is 36.5 Å². The summed E-state index contributed by atoms with van der Waals surface area (Å²) in [6, 6.07) is 11.7. The summed E-state index contributed by atoms with van der Waals surface area (Å²) in [6.45, 7) is 2.03. The minimum atomic E-state index is -0.703. The summed E-state index contributed by atoms with van der Waals surface area (Å²) in [6.07, 6.45) is 8.93. The van der Waals surface area contributed by atoms with Gasteiger partial charge >= 0.3 is 5.97 Å². The van der Waals surface area contributed by atoms with Gasteiger partial charge in [0.05, 0.1) is 25.1 Å². The van der Waals surface area contributed by atoms with E-state index in [2.05, 4.69) is 32.8 Å². The molecule has 1 N–H and O–H groups in total. The molecule has 2 atom stereocenters. The zero-order valence-electron chi connectivity index (χ0n) is 18.9. The van der Waals surface area contributed by atoms with Gasteiger partial charge in [-0.15, -0.1) is 0 Å². The largest absolute Gasteiger partial charge is 0.497 e. The Balaban J connectivity index is 1.34. The molecule has 0 spiro atoms. The smallest absolute Gasteiger partial charge is 0.308 e. The van der Waals surface area contributed by atoms with E-state index in [1.54, 1.807) is 19.5 Å². The second-order valence-corrected chi connectivity index (χ2v) is 8.51. The minimum absolute atomic E-state index is 0.189. The number of rotatable bonds is 7. The Morgan fingerprint density at radius 3 is 2.85 bits per heavy atom. The lowest BCUT2D eigenvalue weighted by Crippen LogP contribution is -2.44. The van der Waals surface area contributed by atoms with Crippen molar-refractivity contribution in [3.8, 4) is 17.6 Å². The molecule has 3 aromatic rings. The van der Waals surface area contributed by atoms with E-state index in [1.165, 1.54) is 5.56 Å². The predicted octanol–water partition coefficient (Wildman–Crippen LogP) is 4.04. The highest BCUT2D eigenvalue weighted by atomic mass is 16.5. The van der Waals surface area contributed by atoms with Gasteiger partial charge in [-0.3, -0.25) is 19.7 Å². The number of aryl methyl sites for hydroxylation is 1. The molecule has 6 heteroatoms. The summed E-state index contributed by atoms with van der Waals surface area (Å²) in [4.78, 5) is 22.6. The summed E-state index contributed by atoms with van der Waals surface area (Å²) in [5, 5.41) is 11.0. The van der Waals surface area contributed by atoms with Crippen LogP contribution in [0.1, 0.15) is 30.4 Å². The van der Waals surface area contributed by atoms with Crippen molar-refractivity contribution in [2.75, 3.05) is 26.7 Å². The molecule has 6 nitrogen and oxygen atoms in total. The number of piperidine rings is 1. The number of fused-ring (bicyclic) bond motifs is 1. The molecule has 0 radical (unpaired) electrons. The Labute approximate surface area is 194 Å². The molecule has 1 aliphatic rings. The number of nitrogens with zero attached hydrogens (tertiary/aromatic N) is 3. The zero-order chi connectivity index (χ0) is 23.0. The third-order valence-electron chi connectivity index (χ3n) is 6.43. The van der Waals surface area contributed by atoms with Crippen molar-refractivity contribution in [2.24, 2.45) is 11.8 Å². The third kappa shape index (κ3) is 5.88. The lowest BCUT2D eigenvalue weighted by molar-refractivity contribution is -0.146. The highest BCUT2D eigenvalue weighted by molar-refractivity contribution is 5.83. The lowest BCUT2D eigenvalue weighted by atomic mass is 9.81. The maximum Gasteiger partial charge on any atom is 0.308 e. The van der Waals surface area contributed by atoms with Gasteiger partial charge in [-0.1, -0.05) is 11.8 Å². The molecule has 33 heavy (non-hydrogen) atoms. The van der Waals surface area contributed by atoms with Crippen LogP contribution in [-0.2, 0) is 11.2 Å². The highest BCUT2D eigenvalue weighted by Crippen LogP contribution is 2.30. The molecule has 1 saturated heterocycles. The molecule has 0 bridgehead atoms. The molecule has 4 rings (SSSR count). The normalized spacial score (nSPS) is 18.5. The molecular formula is C27H29N3O3. The van der Waals surface area contributed by atoms with Crippen molar-refractivity contribution in [2.45, 2.75) is 25.7 Å². The van der Waals surface area contributed by atoms with Crippen LogP contribution in [0, 0.1) is 23.7 Å². The molecule has 1 fully saturated rings. The first kappa shape index (κ1) is 22.8. The summed E-state index contributed by atoms with van der Waals surface area (Å²) >= 11 is 0. The number of hydrogen-bond donors (Lipinski definition) is 1. The molecule has 3 heterocycles. The van der Waals surface area contributed by atoms with Crippen LogP contribution in [0.3, 0.4) is 0 Å². The average molecular weight is 444 g/mol. The monoisotopic (exact) mass is 443 g/mol. The SMILES string of the molecule is COc1ccc2nccc(CCC[C@@H]3CCN(CC#Cc4ccncc4)C[C@@H]3C(=O)O)c2c1. The summed E-state index contributed by atoms with van der Waals surface area (Å²) in [5.74, 6) is 6.26. The van der Waals surface area contributed by atoms with Crippen LogP contribution in [0.25, 0.3) is 10.9 Å². The van der Waals surface area contributed by atoms with Gasteiger partial charge in [0.15, 0.2) is 0 Å². The molecule has 0 amide bonds. The molecule has 0 aliphatic carbocycles. The number of pyridine rings is 2. The van der Waals surface area contributed by atoms with Crippen molar-refractivity contribution in [3.05, 3.63) is 66.1 Å². The Morgan fingerprint density at radius 1 is 1.21 bits per heavy atom. The van der Waals surface area contributed by atoms with E-state index in [9.17, 15) is 9.90 Å².